The summed E-state index contributed by atoms with van der Waals surface area (Å²) in [5.74, 6) is 1.64. The summed E-state index contributed by atoms with van der Waals surface area (Å²) in [4.78, 5) is 0. The molecule has 0 amide bonds. The van der Waals surface area contributed by atoms with Gasteiger partial charge in [-0.05, 0) is 59.6 Å². The van der Waals surface area contributed by atoms with E-state index in [0.29, 0.717) is 13.2 Å². The van der Waals surface area contributed by atoms with Crippen LogP contribution in [-0.2, 0) is 0 Å². The van der Waals surface area contributed by atoms with E-state index in [1.54, 1.807) is 0 Å². The first kappa shape index (κ1) is 18.7. The minimum absolute atomic E-state index is 0.591. The van der Waals surface area contributed by atoms with E-state index in [0.717, 1.165) is 59.9 Å². The van der Waals surface area contributed by atoms with Crippen LogP contribution in [-0.4, -0.2) is 44.5 Å². The van der Waals surface area contributed by atoms with Gasteiger partial charge in [0.2, 0.25) is 0 Å². The van der Waals surface area contributed by atoms with Crippen LogP contribution >= 0.6 is 0 Å². The van der Waals surface area contributed by atoms with Gasteiger partial charge in [0.25, 0.3) is 0 Å². The molecule has 0 aromatic heterocycles. The number of rotatable bonds is 10. The lowest BCUT2D eigenvalue weighted by Gasteiger charge is -2.10. The molecule has 0 bridgehead atoms. The Labute approximate surface area is 155 Å². The number of nitrogens with one attached hydrogen (secondary N) is 2. The molecule has 2 aromatic carbocycles. The van der Waals surface area contributed by atoms with Crippen LogP contribution in [0, 0.1) is 0 Å². The number of likely N-dealkylation sites (N-methyl/N-ethyl adjacent to an activating group) is 2. The Morgan fingerprint density at radius 3 is 1.69 bits per heavy atom. The number of benzene rings is 2. The number of aliphatic hydroxyl groups excluding tert-OH is 1. The Morgan fingerprint density at radius 1 is 0.808 bits per heavy atom. The maximum Gasteiger partial charge on any atom is 0.120 e. The molecule has 0 heterocycles. The minimum atomic E-state index is -0.591. The van der Waals surface area contributed by atoms with E-state index in [1.807, 2.05) is 36.4 Å². The molecule has 0 unspecified atom stereocenters. The third-order valence-corrected chi connectivity index (χ3v) is 4.52. The van der Waals surface area contributed by atoms with Gasteiger partial charge in [0.1, 0.15) is 30.8 Å². The van der Waals surface area contributed by atoms with Crippen molar-refractivity contribution in [3.63, 3.8) is 0 Å². The zero-order valence-corrected chi connectivity index (χ0v) is 15.5. The fraction of sp³-hybridized carbons (Fsp3) is 0.429. The summed E-state index contributed by atoms with van der Waals surface area (Å²) < 4.78 is 11.6. The molecule has 0 atom stereocenters. The molecule has 0 spiro atoms. The van der Waals surface area contributed by atoms with E-state index < -0.39 is 6.10 Å². The topological polar surface area (TPSA) is 62.8 Å². The van der Waals surface area contributed by atoms with Crippen LogP contribution in [0.15, 0.2) is 36.4 Å². The summed E-state index contributed by atoms with van der Waals surface area (Å²) in [7, 11) is 0. The highest BCUT2D eigenvalue weighted by Crippen LogP contribution is 2.46. The average Bonchev–Trinajstić information content (AvgIpc) is 2.94. The molecule has 2 aromatic rings. The lowest BCUT2D eigenvalue weighted by atomic mass is 10.1. The molecule has 26 heavy (non-hydrogen) atoms. The molecule has 5 nitrogen and oxygen atoms in total. The van der Waals surface area contributed by atoms with Crippen LogP contribution in [0.5, 0.6) is 11.5 Å². The number of fused-ring (bicyclic) bond motifs is 3. The van der Waals surface area contributed by atoms with Crippen LogP contribution in [0.4, 0.5) is 0 Å². The van der Waals surface area contributed by atoms with E-state index >= 15 is 0 Å². The van der Waals surface area contributed by atoms with Gasteiger partial charge in [-0.15, -0.1) is 0 Å². The summed E-state index contributed by atoms with van der Waals surface area (Å²) in [5.41, 5.74) is 3.88. The van der Waals surface area contributed by atoms with E-state index in [1.165, 1.54) is 0 Å². The number of aliphatic hydroxyl groups is 1. The van der Waals surface area contributed by atoms with E-state index in [4.69, 9.17) is 9.47 Å². The summed E-state index contributed by atoms with van der Waals surface area (Å²) in [6.45, 7) is 8.89. The number of hydrogen-bond donors (Lipinski definition) is 3. The summed E-state index contributed by atoms with van der Waals surface area (Å²) in [6, 6.07) is 11.8. The Balaban J connectivity index is 1.75. The molecule has 5 heteroatoms. The summed E-state index contributed by atoms with van der Waals surface area (Å²) in [6.07, 6.45) is -0.591. The first-order valence-corrected chi connectivity index (χ1v) is 9.38. The van der Waals surface area contributed by atoms with Crippen LogP contribution in [0.1, 0.15) is 31.1 Å². The van der Waals surface area contributed by atoms with Crippen molar-refractivity contribution in [3.05, 3.63) is 47.5 Å². The zero-order chi connectivity index (χ0) is 18.4. The SMILES string of the molecule is CCNCCOc1ccc2c(c1)-c1cc(OCCNCC)ccc1C2O. The Bertz CT molecular complexity index is 672. The first-order valence-electron chi connectivity index (χ1n) is 9.38. The van der Waals surface area contributed by atoms with Crippen LogP contribution < -0.4 is 20.1 Å². The average molecular weight is 356 g/mol. The highest BCUT2D eigenvalue weighted by Gasteiger charge is 2.27. The Hall–Kier alpha value is -2.08. The van der Waals surface area contributed by atoms with Crippen molar-refractivity contribution < 1.29 is 14.6 Å². The molecule has 0 radical (unpaired) electrons. The third-order valence-electron chi connectivity index (χ3n) is 4.52. The quantitative estimate of drug-likeness (QED) is 0.572. The molecule has 0 fully saturated rings. The van der Waals surface area contributed by atoms with Crippen molar-refractivity contribution in [2.75, 3.05) is 39.4 Å². The maximum atomic E-state index is 10.6. The molecule has 1 aliphatic carbocycles. The Kier molecular flexibility index (Phi) is 6.50. The van der Waals surface area contributed by atoms with Crippen molar-refractivity contribution in [1.29, 1.82) is 0 Å². The van der Waals surface area contributed by atoms with Gasteiger partial charge in [-0.3, -0.25) is 0 Å². The second-order valence-electron chi connectivity index (χ2n) is 6.30. The van der Waals surface area contributed by atoms with Gasteiger partial charge in [-0.2, -0.15) is 0 Å². The van der Waals surface area contributed by atoms with Crippen molar-refractivity contribution >= 4 is 0 Å². The molecule has 140 valence electrons. The van der Waals surface area contributed by atoms with Gasteiger partial charge in [0.05, 0.1) is 0 Å². The largest absolute Gasteiger partial charge is 0.492 e. The predicted molar refractivity (Wildman–Crippen MR) is 104 cm³/mol. The second-order valence-corrected chi connectivity index (χ2v) is 6.30. The van der Waals surface area contributed by atoms with Crippen molar-refractivity contribution in [2.45, 2.75) is 20.0 Å². The van der Waals surface area contributed by atoms with Crippen LogP contribution in [0.2, 0.25) is 0 Å². The van der Waals surface area contributed by atoms with Crippen molar-refractivity contribution in [1.82, 2.24) is 10.6 Å². The van der Waals surface area contributed by atoms with Crippen molar-refractivity contribution in [2.24, 2.45) is 0 Å². The lowest BCUT2D eigenvalue weighted by Crippen LogP contribution is -2.20. The van der Waals surface area contributed by atoms with Gasteiger partial charge >= 0.3 is 0 Å². The van der Waals surface area contributed by atoms with Crippen LogP contribution in [0.3, 0.4) is 0 Å². The monoisotopic (exact) mass is 356 g/mol. The van der Waals surface area contributed by atoms with Gasteiger partial charge < -0.3 is 25.2 Å². The van der Waals surface area contributed by atoms with Crippen molar-refractivity contribution in [3.8, 4) is 22.6 Å². The standard InChI is InChI=1S/C21H28N2O3/c1-3-22-9-11-25-15-5-7-17-19(13-15)20-14-16(26-12-10-23-4-2)6-8-18(20)21(17)24/h5-8,13-14,21-24H,3-4,9-12H2,1-2H3. The highest BCUT2D eigenvalue weighted by molar-refractivity contribution is 5.80. The third kappa shape index (κ3) is 4.18. The molecular formula is C21H28N2O3. The molecule has 3 rings (SSSR count). The fourth-order valence-electron chi connectivity index (χ4n) is 3.20. The highest BCUT2D eigenvalue weighted by atomic mass is 16.5. The van der Waals surface area contributed by atoms with E-state index in [9.17, 15) is 5.11 Å². The molecule has 3 N–H and O–H groups in total. The van der Waals surface area contributed by atoms with Gasteiger partial charge in [-0.1, -0.05) is 26.0 Å². The first-order chi connectivity index (χ1) is 12.7. The van der Waals surface area contributed by atoms with Gasteiger partial charge in [0, 0.05) is 13.1 Å². The second kappa shape index (κ2) is 9.03. The van der Waals surface area contributed by atoms with E-state index in [2.05, 4.69) is 24.5 Å². The normalized spacial score (nSPS) is 12.7. The Morgan fingerprint density at radius 2 is 1.27 bits per heavy atom. The van der Waals surface area contributed by atoms with Gasteiger partial charge in [-0.25, -0.2) is 0 Å². The summed E-state index contributed by atoms with van der Waals surface area (Å²) >= 11 is 0. The van der Waals surface area contributed by atoms with Gasteiger partial charge in [0.15, 0.2) is 0 Å². The number of hydrogen-bond acceptors (Lipinski definition) is 5. The zero-order valence-electron chi connectivity index (χ0n) is 15.5. The molecule has 0 aliphatic heterocycles. The van der Waals surface area contributed by atoms with E-state index in [-0.39, 0.29) is 0 Å². The fourth-order valence-corrected chi connectivity index (χ4v) is 3.20. The molecule has 1 aliphatic rings. The van der Waals surface area contributed by atoms with Crippen LogP contribution in [0.25, 0.3) is 11.1 Å². The molecule has 0 saturated carbocycles. The molecule has 0 saturated heterocycles. The smallest absolute Gasteiger partial charge is 0.120 e. The predicted octanol–water partition coefficient (Wildman–Crippen LogP) is 2.73. The lowest BCUT2D eigenvalue weighted by molar-refractivity contribution is 0.225. The molecular weight excluding hydrogens is 328 g/mol. The minimum Gasteiger partial charge on any atom is -0.492 e. The maximum absolute atomic E-state index is 10.6. The number of ether oxygens (including phenoxy) is 2. The summed E-state index contributed by atoms with van der Waals surface area (Å²) in [5, 5.41) is 17.1.